The molecular weight excluding hydrogens is 240 g/mol. The first-order valence-electron chi connectivity index (χ1n) is 6.26. The lowest BCUT2D eigenvalue weighted by Crippen LogP contribution is -2.04. The van der Waals surface area contributed by atoms with Crippen LogP contribution in [0.2, 0.25) is 0 Å². The summed E-state index contributed by atoms with van der Waals surface area (Å²) in [7, 11) is 1.62. The van der Waals surface area contributed by atoms with Crippen molar-refractivity contribution >= 4 is 5.82 Å². The molecular formula is C13H18N6. The van der Waals surface area contributed by atoms with Crippen LogP contribution in [0.4, 0.5) is 5.82 Å². The number of aromatic nitrogens is 4. The molecule has 0 saturated heterocycles. The van der Waals surface area contributed by atoms with Gasteiger partial charge in [0.25, 0.3) is 0 Å². The van der Waals surface area contributed by atoms with Gasteiger partial charge in [-0.2, -0.15) is 10.2 Å². The average molecular weight is 258 g/mol. The molecule has 2 heterocycles. The second-order valence-corrected chi connectivity index (χ2v) is 4.81. The monoisotopic (exact) mass is 258 g/mol. The summed E-state index contributed by atoms with van der Waals surface area (Å²) in [5.41, 5.74) is 2.54. The van der Waals surface area contributed by atoms with Gasteiger partial charge in [-0.15, -0.1) is 5.11 Å². The van der Waals surface area contributed by atoms with Gasteiger partial charge in [-0.05, 0) is 12.8 Å². The van der Waals surface area contributed by atoms with Gasteiger partial charge >= 0.3 is 0 Å². The van der Waals surface area contributed by atoms with Crippen molar-refractivity contribution in [1.29, 1.82) is 0 Å². The highest BCUT2D eigenvalue weighted by atomic mass is 15.3. The van der Waals surface area contributed by atoms with Crippen LogP contribution < -0.4 is 0 Å². The fraction of sp³-hybridized carbons (Fsp3) is 0.462. The quantitative estimate of drug-likeness (QED) is 0.791. The van der Waals surface area contributed by atoms with Crippen molar-refractivity contribution in [3.05, 3.63) is 24.3 Å². The van der Waals surface area contributed by atoms with E-state index in [-0.39, 0.29) is 0 Å². The Kier molecular flexibility index (Phi) is 3.99. The summed E-state index contributed by atoms with van der Waals surface area (Å²) in [6, 6.07) is 0. The molecule has 0 radical (unpaired) electrons. The third-order valence-corrected chi connectivity index (χ3v) is 2.60. The Morgan fingerprint density at radius 2 is 2.11 bits per heavy atom. The van der Waals surface area contributed by atoms with Crippen molar-refractivity contribution in [2.24, 2.45) is 16.1 Å². The van der Waals surface area contributed by atoms with Gasteiger partial charge in [0, 0.05) is 25.4 Å². The fourth-order valence-electron chi connectivity index (χ4n) is 1.78. The predicted octanol–water partition coefficient (Wildman–Crippen LogP) is 3.02. The number of aryl methyl sites for hydroxylation is 1. The van der Waals surface area contributed by atoms with Crippen molar-refractivity contribution in [3.63, 3.8) is 0 Å². The lowest BCUT2D eigenvalue weighted by atomic mass is 10.2. The first kappa shape index (κ1) is 13.3. The molecule has 2 aromatic rings. The summed E-state index contributed by atoms with van der Waals surface area (Å²) < 4.78 is 1.93. The summed E-state index contributed by atoms with van der Waals surface area (Å²) in [6.45, 7) is 7.10. The second kappa shape index (κ2) is 5.69. The highest BCUT2D eigenvalue weighted by Crippen LogP contribution is 2.20. The van der Waals surface area contributed by atoms with Crippen LogP contribution in [0.3, 0.4) is 0 Å². The Morgan fingerprint density at radius 3 is 2.74 bits per heavy atom. The maximum absolute atomic E-state index is 4.48. The van der Waals surface area contributed by atoms with Crippen molar-refractivity contribution in [3.8, 4) is 11.3 Å². The summed E-state index contributed by atoms with van der Waals surface area (Å²) in [5, 5.41) is 12.0. The van der Waals surface area contributed by atoms with E-state index in [1.807, 2.05) is 24.0 Å². The summed E-state index contributed by atoms with van der Waals surface area (Å²) in [6.07, 6.45) is 5.51. The van der Waals surface area contributed by atoms with Gasteiger partial charge < -0.3 is 0 Å². The first-order valence-corrected chi connectivity index (χ1v) is 6.26. The van der Waals surface area contributed by atoms with Crippen molar-refractivity contribution in [1.82, 2.24) is 19.7 Å². The van der Waals surface area contributed by atoms with Gasteiger partial charge in [-0.1, -0.05) is 13.8 Å². The minimum Gasteiger partial charge on any atom is -0.272 e. The largest absolute Gasteiger partial charge is 0.272 e. The predicted molar refractivity (Wildman–Crippen MR) is 73.3 cm³/mol. The van der Waals surface area contributed by atoms with E-state index in [2.05, 4.69) is 39.1 Å². The van der Waals surface area contributed by atoms with Gasteiger partial charge in [-0.25, -0.2) is 9.97 Å². The number of hydrogen-bond acceptors (Lipinski definition) is 5. The smallest absolute Gasteiger partial charge is 0.195 e. The Bertz CT molecular complexity index is 585. The van der Waals surface area contributed by atoms with Crippen LogP contribution in [0.1, 0.15) is 19.5 Å². The fourth-order valence-corrected chi connectivity index (χ4v) is 1.78. The second-order valence-electron chi connectivity index (χ2n) is 4.81. The lowest BCUT2D eigenvalue weighted by molar-refractivity contribution is 0.483. The molecule has 0 aliphatic heterocycles. The number of nitrogens with zero attached hydrogens (tertiary/aromatic N) is 6. The van der Waals surface area contributed by atoms with Crippen LogP contribution in [0.15, 0.2) is 28.8 Å². The standard InChI is InChI=1S/C13H18N6/c1-9(2)7-19-8-11(5-16-19)12-6-15-13(18-14-4)10(3)17-12/h5-6,8-9H,7H2,1-4H3. The first-order chi connectivity index (χ1) is 9.10. The summed E-state index contributed by atoms with van der Waals surface area (Å²) >= 11 is 0. The molecule has 0 atom stereocenters. The summed E-state index contributed by atoms with van der Waals surface area (Å²) in [4.78, 5) is 8.74. The zero-order chi connectivity index (χ0) is 13.8. The lowest BCUT2D eigenvalue weighted by Gasteiger charge is -2.03. The van der Waals surface area contributed by atoms with Crippen LogP contribution in [-0.4, -0.2) is 26.8 Å². The molecule has 19 heavy (non-hydrogen) atoms. The maximum atomic E-state index is 4.48. The molecule has 0 fully saturated rings. The van der Waals surface area contributed by atoms with E-state index in [0.717, 1.165) is 23.5 Å². The molecule has 100 valence electrons. The highest BCUT2D eigenvalue weighted by molar-refractivity contribution is 5.57. The summed E-state index contributed by atoms with van der Waals surface area (Å²) in [5.74, 6) is 1.12. The molecule has 6 nitrogen and oxygen atoms in total. The van der Waals surface area contributed by atoms with Crippen molar-refractivity contribution in [2.75, 3.05) is 7.05 Å². The Labute approximate surface area is 112 Å². The topological polar surface area (TPSA) is 68.3 Å². The minimum atomic E-state index is 0.556. The molecule has 2 rings (SSSR count). The van der Waals surface area contributed by atoms with Crippen molar-refractivity contribution in [2.45, 2.75) is 27.3 Å². The SMILES string of the molecule is CN=Nc1ncc(-c2cnn(CC(C)C)c2)nc1C. The van der Waals surface area contributed by atoms with Crippen LogP contribution in [-0.2, 0) is 6.54 Å². The van der Waals surface area contributed by atoms with E-state index in [4.69, 9.17) is 0 Å². The normalized spacial score (nSPS) is 11.6. The molecule has 0 amide bonds. The molecule has 0 saturated carbocycles. The Hall–Kier alpha value is -2.11. The molecule has 2 aromatic heterocycles. The van der Waals surface area contributed by atoms with Gasteiger partial charge in [-0.3, -0.25) is 4.68 Å². The molecule has 6 heteroatoms. The molecule has 0 spiro atoms. The minimum absolute atomic E-state index is 0.556. The van der Waals surface area contributed by atoms with Crippen LogP contribution in [0.25, 0.3) is 11.3 Å². The number of azo groups is 1. The number of hydrogen-bond donors (Lipinski definition) is 0. The van der Waals surface area contributed by atoms with E-state index < -0.39 is 0 Å². The van der Waals surface area contributed by atoms with Gasteiger partial charge in [0.05, 0.1) is 23.8 Å². The van der Waals surface area contributed by atoms with Crippen molar-refractivity contribution < 1.29 is 0 Å². The van der Waals surface area contributed by atoms with E-state index >= 15 is 0 Å². The molecule has 0 aliphatic rings. The number of rotatable bonds is 4. The van der Waals surface area contributed by atoms with E-state index in [1.165, 1.54) is 0 Å². The molecule has 0 unspecified atom stereocenters. The third-order valence-electron chi connectivity index (χ3n) is 2.60. The van der Waals surface area contributed by atoms with Crippen LogP contribution in [0.5, 0.6) is 0 Å². The van der Waals surface area contributed by atoms with Gasteiger partial charge in [0.1, 0.15) is 0 Å². The maximum Gasteiger partial charge on any atom is 0.195 e. The van der Waals surface area contributed by atoms with Gasteiger partial charge in [0.15, 0.2) is 5.82 Å². The zero-order valence-corrected chi connectivity index (χ0v) is 11.7. The van der Waals surface area contributed by atoms with Crippen LogP contribution in [0, 0.1) is 12.8 Å². The van der Waals surface area contributed by atoms with E-state index in [9.17, 15) is 0 Å². The third kappa shape index (κ3) is 3.21. The Balaban J connectivity index is 2.27. The zero-order valence-electron chi connectivity index (χ0n) is 11.7. The van der Waals surface area contributed by atoms with E-state index in [1.54, 1.807) is 13.2 Å². The average Bonchev–Trinajstić information content (AvgIpc) is 2.79. The molecule has 0 aromatic carbocycles. The van der Waals surface area contributed by atoms with Gasteiger partial charge in [0.2, 0.25) is 0 Å². The molecule has 0 aliphatic carbocycles. The Morgan fingerprint density at radius 1 is 1.32 bits per heavy atom. The van der Waals surface area contributed by atoms with E-state index in [0.29, 0.717) is 11.7 Å². The molecule has 0 bridgehead atoms. The van der Waals surface area contributed by atoms with Crippen LogP contribution >= 0.6 is 0 Å². The molecule has 0 N–H and O–H groups in total. The highest BCUT2D eigenvalue weighted by Gasteiger charge is 2.07.